The van der Waals surface area contributed by atoms with Gasteiger partial charge in [0.25, 0.3) is 0 Å². The Morgan fingerprint density at radius 2 is 1.80 bits per heavy atom. The molecule has 2 fully saturated rings. The first kappa shape index (κ1) is 21.2. The summed E-state index contributed by atoms with van der Waals surface area (Å²) < 4.78 is 16.6. The van der Waals surface area contributed by atoms with Gasteiger partial charge in [-0.3, -0.25) is 0 Å². The van der Waals surface area contributed by atoms with Crippen LogP contribution in [0.3, 0.4) is 0 Å². The van der Waals surface area contributed by atoms with E-state index >= 15 is 0 Å². The van der Waals surface area contributed by atoms with E-state index in [9.17, 15) is 20.4 Å². The van der Waals surface area contributed by atoms with Crippen molar-refractivity contribution in [3.05, 3.63) is 0 Å². The minimum absolute atomic E-state index is 0.133. The molecule has 0 aromatic rings. The molecule has 1 aliphatic heterocycles. The summed E-state index contributed by atoms with van der Waals surface area (Å²) in [5.74, 6) is -0.424. The van der Waals surface area contributed by atoms with Gasteiger partial charge in [0, 0.05) is 22.3 Å². The van der Waals surface area contributed by atoms with Crippen molar-refractivity contribution < 1.29 is 34.6 Å². The summed E-state index contributed by atoms with van der Waals surface area (Å²) in [6, 6.07) is 0. The quantitative estimate of drug-likeness (QED) is 0.271. The first-order valence-electron chi connectivity index (χ1n) is 8.93. The predicted molar refractivity (Wildman–Crippen MR) is 95.1 cm³/mol. The number of aliphatic hydroxyl groups excluding tert-OH is 2. The SMILES string of the molecule is CCOCO[C@@H]1[C@@](O)(C(C)C(C)(C)[SiH3])[C@H](O)O[C@@H]2C(O)C(C)(C)[C@@]21O. The standard InChI is InChI=1S/C17H34O7Si/c1-7-22-8-23-12-16(20,9(2)15(5,6)25)13(19)24-11-10(18)14(3,4)17(11,12)21/h9-13,18-21H,7-8H2,1-6,25H3/t9?,10?,11-,12-,13-,16+,17-/m1/s1. The molecule has 7 nitrogen and oxygen atoms in total. The van der Waals surface area contributed by atoms with Crippen LogP contribution in [0.4, 0.5) is 0 Å². The molecule has 1 aliphatic carbocycles. The number of rotatable bonds is 6. The van der Waals surface area contributed by atoms with Crippen LogP contribution >= 0.6 is 0 Å². The highest BCUT2D eigenvalue weighted by molar-refractivity contribution is 6.14. The third-order valence-electron chi connectivity index (χ3n) is 6.50. The number of ether oxygens (including phenoxy) is 3. The highest BCUT2D eigenvalue weighted by atomic mass is 28.1. The Hall–Kier alpha value is -0.0631. The Morgan fingerprint density at radius 1 is 1.24 bits per heavy atom. The van der Waals surface area contributed by atoms with E-state index in [0.29, 0.717) is 6.61 Å². The average Bonchev–Trinajstić information content (AvgIpc) is 2.51. The van der Waals surface area contributed by atoms with Crippen molar-refractivity contribution in [2.75, 3.05) is 13.4 Å². The van der Waals surface area contributed by atoms with Gasteiger partial charge < -0.3 is 34.6 Å². The average molecular weight is 379 g/mol. The first-order valence-corrected chi connectivity index (χ1v) is 9.93. The molecule has 0 aromatic heterocycles. The van der Waals surface area contributed by atoms with Crippen LogP contribution in [0, 0.1) is 11.3 Å². The molecule has 1 saturated heterocycles. The predicted octanol–water partition coefficient (Wildman–Crippen LogP) is -0.854. The van der Waals surface area contributed by atoms with Crippen LogP contribution in [0.2, 0.25) is 5.04 Å². The number of fused-ring (bicyclic) bond motifs is 1. The highest BCUT2D eigenvalue weighted by Gasteiger charge is 2.79. The normalized spacial score (nSPS) is 44.9. The fourth-order valence-corrected chi connectivity index (χ4v) is 4.58. The van der Waals surface area contributed by atoms with Gasteiger partial charge in [0.05, 0.1) is 6.10 Å². The number of hydrogen-bond acceptors (Lipinski definition) is 7. The summed E-state index contributed by atoms with van der Waals surface area (Å²) in [6.07, 6.45) is -4.76. The molecule has 2 rings (SSSR count). The molecule has 25 heavy (non-hydrogen) atoms. The topological polar surface area (TPSA) is 109 Å². The van der Waals surface area contributed by atoms with Crippen molar-refractivity contribution >= 4 is 10.2 Å². The molecule has 1 heterocycles. The number of aliphatic hydroxyl groups is 4. The molecule has 0 spiro atoms. The lowest BCUT2D eigenvalue weighted by Crippen LogP contribution is -2.88. The van der Waals surface area contributed by atoms with Gasteiger partial charge in [-0.1, -0.05) is 34.6 Å². The van der Waals surface area contributed by atoms with Crippen LogP contribution in [-0.2, 0) is 14.2 Å². The number of hydrogen-bond donors (Lipinski definition) is 4. The minimum Gasteiger partial charge on any atom is -0.390 e. The third kappa shape index (κ3) is 2.82. The van der Waals surface area contributed by atoms with Crippen molar-refractivity contribution in [3.8, 4) is 0 Å². The van der Waals surface area contributed by atoms with Gasteiger partial charge >= 0.3 is 0 Å². The van der Waals surface area contributed by atoms with Gasteiger partial charge in [0.1, 0.15) is 30.2 Å². The van der Waals surface area contributed by atoms with Gasteiger partial charge in [-0.05, 0) is 17.9 Å². The maximum Gasteiger partial charge on any atom is 0.187 e. The molecule has 0 aromatic carbocycles. The minimum atomic E-state index is -1.84. The lowest BCUT2D eigenvalue weighted by molar-refractivity contribution is -0.454. The molecule has 7 atom stereocenters. The van der Waals surface area contributed by atoms with Gasteiger partial charge in [0.2, 0.25) is 0 Å². The maximum atomic E-state index is 11.5. The van der Waals surface area contributed by atoms with Crippen LogP contribution in [0.1, 0.15) is 41.5 Å². The molecule has 2 aliphatic rings. The van der Waals surface area contributed by atoms with E-state index in [2.05, 4.69) is 0 Å². The highest BCUT2D eigenvalue weighted by Crippen LogP contribution is 2.61. The van der Waals surface area contributed by atoms with Gasteiger partial charge in [-0.15, -0.1) is 0 Å². The van der Waals surface area contributed by atoms with Gasteiger partial charge in [-0.25, -0.2) is 0 Å². The fraction of sp³-hybridized carbons (Fsp3) is 1.00. The molecule has 8 heteroatoms. The summed E-state index contributed by atoms with van der Waals surface area (Å²) in [5.41, 5.74) is -4.47. The van der Waals surface area contributed by atoms with Crippen molar-refractivity contribution in [3.63, 3.8) is 0 Å². The Labute approximate surface area is 152 Å². The summed E-state index contributed by atoms with van der Waals surface area (Å²) in [6.45, 7) is 11.3. The third-order valence-corrected chi connectivity index (χ3v) is 7.36. The van der Waals surface area contributed by atoms with Crippen molar-refractivity contribution in [2.24, 2.45) is 11.3 Å². The molecular weight excluding hydrogens is 344 g/mol. The van der Waals surface area contributed by atoms with Crippen LogP contribution in [0.15, 0.2) is 0 Å². The van der Waals surface area contributed by atoms with Crippen molar-refractivity contribution in [2.45, 2.75) is 82.4 Å². The van der Waals surface area contributed by atoms with E-state index in [0.717, 1.165) is 10.2 Å². The van der Waals surface area contributed by atoms with E-state index in [1.54, 1.807) is 13.8 Å². The largest absolute Gasteiger partial charge is 0.390 e. The first-order chi connectivity index (χ1) is 11.3. The van der Waals surface area contributed by atoms with Crippen molar-refractivity contribution in [1.29, 1.82) is 0 Å². The zero-order chi connectivity index (χ0) is 19.4. The molecule has 148 valence electrons. The lowest BCUT2D eigenvalue weighted by atomic mass is 9.48. The maximum absolute atomic E-state index is 11.5. The molecule has 0 bridgehead atoms. The van der Waals surface area contributed by atoms with Gasteiger partial charge in [-0.2, -0.15) is 0 Å². The second-order valence-electron chi connectivity index (χ2n) is 9.03. The Bertz CT molecular complexity index is 494. The van der Waals surface area contributed by atoms with Gasteiger partial charge in [0.15, 0.2) is 6.29 Å². The lowest BCUT2D eigenvalue weighted by Gasteiger charge is -2.70. The summed E-state index contributed by atoms with van der Waals surface area (Å²) in [7, 11) is 0.753. The van der Waals surface area contributed by atoms with Crippen LogP contribution in [0.25, 0.3) is 0 Å². The van der Waals surface area contributed by atoms with E-state index in [1.165, 1.54) is 0 Å². The van der Waals surface area contributed by atoms with E-state index in [4.69, 9.17) is 14.2 Å². The fourth-order valence-electron chi connectivity index (χ4n) is 4.12. The van der Waals surface area contributed by atoms with Crippen LogP contribution < -0.4 is 0 Å². The monoisotopic (exact) mass is 378 g/mol. The van der Waals surface area contributed by atoms with Crippen LogP contribution in [0.5, 0.6) is 0 Å². The molecule has 0 amide bonds. The zero-order valence-electron chi connectivity index (χ0n) is 16.3. The molecular formula is C17H34O7Si. The smallest absolute Gasteiger partial charge is 0.187 e. The Balaban J connectivity index is 2.49. The zero-order valence-corrected chi connectivity index (χ0v) is 18.3. The Morgan fingerprint density at radius 3 is 2.28 bits per heavy atom. The second-order valence-corrected chi connectivity index (χ2v) is 11.6. The summed E-state index contributed by atoms with van der Waals surface area (Å²) in [5, 5.41) is 43.7. The van der Waals surface area contributed by atoms with E-state index in [1.807, 2.05) is 27.7 Å². The Kier molecular flexibility index (Phi) is 5.54. The van der Waals surface area contributed by atoms with Crippen molar-refractivity contribution in [1.82, 2.24) is 0 Å². The summed E-state index contributed by atoms with van der Waals surface area (Å²) >= 11 is 0. The van der Waals surface area contributed by atoms with E-state index < -0.39 is 47.1 Å². The molecule has 1 saturated carbocycles. The second kappa shape index (κ2) is 6.52. The summed E-state index contributed by atoms with van der Waals surface area (Å²) in [4.78, 5) is 0. The molecule has 0 radical (unpaired) electrons. The molecule has 4 N–H and O–H groups in total. The molecule has 2 unspecified atom stereocenters. The van der Waals surface area contributed by atoms with Crippen LogP contribution in [-0.4, -0.2) is 79.9 Å². The van der Waals surface area contributed by atoms with E-state index in [-0.39, 0.29) is 11.8 Å².